The van der Waals surface area contributed by atoms with Gasteiger partial charge in [0, 0.05) is 6.20 Å². The van der Waals surface area contributed by atoms with Crippen LogP contribution in [0.15, 0.2) is 24.4 Å². The van der Waals surface area contributed by atoms with Crippen LogP contribution in [0.1, 0.15) is 21.6 Å². The van der Waals surface area contributed by atoms with Crippen LogP contribution in [-0.2, 0) is 6.54 Å². The van der Waals surface area contributed by atoms with E-state index in [1.54, 1.807) is 13.0 Å². The van der Waals surface area contributed by atoms with Crippen LogP contribution >= 0.6 is 11.6 Å². The van der Waals surface area contributed by atoms with Gasteiger partial charge in [0.2, 0.25) is 0 Å². The van der Waals surface area contributed by atoms with Crippen LogP contribution in [-0.4, -0.2) is 20.9 Å². The fourth-order valence-corrected chi connectivity index (χ4v) is 1.75. The molecule has 0 bridgehead atoms. The lowest BCUT2D eigenvalue weighted by molar-refractivity contribution is 0.0696. The molecule has 6 heteroatoms. The average Bonchev–Trinajstić information content (AvgIpc) is 2.65. The zero-order valence-corrected chi connectivity index (χ0v) is 10.3. The maximum Gasteiger partial charge on any atom is 0.339 e. The van der Waals surface area contributed by atoms with Crippen molar-refractivity contribution in [2.75, 3.05) is 0 Å². The van der Waals surface area contributed by atoms with Crippen LogP contribution in [0.25, 0.3) is 0 Å². The zero-order valence-electron chi connectivity index (χ0n) is 9.52. The maximum atomic E-state index is 13.2. The number of aromatic nitrogens is 2. The molecular formula is C12H10ClFN2O2. The minimum Gasteiger partial charge on any atom is -0.478 e. The lowest BCUT2D eigenvalue weighted by atomic mass is 10.2. The smallest absolute Gasteiger partial charge is 0.339 e. The molecule has 0 unspecified atom stereocenters. The second-order valence-electron chi connectivity index (χ2n) is 3.88. The van der Waals surface area contributed by atoms with Gasteiger partial charge >= 0.3 is 5.97 Å². The first-order valence-corrected chi connectivity index (χ1v) is 5.56. The van der Waals surface area contributed by atoms with Crippen molar-refractivity contribution in [3.63, 3.8) is 0 Å². The first kappa shape index (κ1) is 12.6. The lowest BCUT2D eigenvalue weighted by Crippen LogP contribution is -2.01. The van der Waals surface area contributed by atoms with E-state index in [1.807, 2.05) is 0 Å². The highest BCUT2D eigenvalue weighted by atomic mass is 35.5. The fraction of sp³-hybridized carbons (Fsp3) is 0.167. The molecule has 1 N–H and O–H groups in total. The van der Waals surface area contributed by atoms with Gasteiger partial charge in [-0.15, -0.1) is 0 Å². The predicted octanol–water partition coefficient (Wildman–Crippen LogP) is 2.73. The Morgan fingerprint density at radius 3 is 2.83 bits per heavy atom. The highest BCUT2D eigenvalue weighted by Crippen LogP contribution is 2.16. The maximum absolute atomic E-state index is 13.2. The van der Waals surface area contributed by atoms with E-state index in [4.69, 9.17) is 16.7 Å². The first-order chi connectivity index (χ1) is 8.47. The minimum atomic E-state index is -1.03. The Morgan fingerprint density at radius 2 is 2.28 bits per heavy atom. The molecule has 18 heavy (non-hydrogen) atoms. The van der Waals surface area contributed by atoms with E-state index in [2.05, 4.69) is 5.10 Å². The third-order valence-electron chi connectivity index (χ3n) is 2.51. The van der Waals surface area contributed by atoms with Gasteiger partial charge < -0.3 is 5.11 Å². The number of carboxylic acid groups (broad SMARTS) is 1. The Morgan fingerprint density at radius 1 is 1.56 bits per heavy atom. The molecule has 2 aromatic rings. The van der Waals surface area contributed by atoms with Crippen molar-refractivity contribution in [2.45, 2.75) is 13.5 Å². The number of hydrogen-bond acceptors (Lipinski definition) is 2. The molecule has 4 nitrogen and oxygen atoms in total. The normalized spacial score (nSPS) is 10.6. The van der Waals surface area contributed by atoms with Crippen LogP contribution < -0.4 is 0 Å². The monoisotopic (exact) mass is 268 g/mol. The van der Waals surface area contributed by atoms with Crippen LogP contribution in [0, 0.1) is 12.7 Å². The van der Waals surface area contributed by atoms with E-state index < -0.39 is 11.8 Å². The molecule has 0 spiro atoms. The van der Waals surface area contributed by atoms with Gasteiger partial charge in [0.25, 0.3) is 0 Å². The molecule has 0 radical (unpaired) electrons. The van der Waals surface area contributed by atoms with E-state index >= 15 is 0 Å². The molecule has 1 aromatic carbocycles. The van der Waals surface area contributed by atoms with Gasteiger partial charge in [0.1, 0.15) is 11.4 Å². The topological polar surface area (TPSA) is 55.1 Å². The second-order valence-corrected chi connectivity index (χ2v) is 4.29. The SMILES string of the molecule is Cc1nn(Cc2ccc(Cl)c(F)c2)cc1C(=O)O. The number of aryl methyl sites for hydroxylation is 1. The van der Waals surface area contributed by atoms with Crippen LogP contribution in [0.3, 0.4) is 0 Å². The fourth-order valence-electron chi connectivity index (χ4n) is 1.63. The Balaban J connectivity index is 2.26. The summed E-state index contributed by atoms with van der Waals surface area (Å²) in [6.07, 6.45) is 1.42. The minimum absolute atomic E-state index is 0.0571. The van der Waals surface area contributed by atoms with Gasteiger partial charge in [0.05, 0.1) is 17.3 Å². The van der Waals surface area contributed by atoms with E-state index in [0.717, 1.165) is 0 Å². The van der Waals surface area contributed by atoms with Crippen molar-refractivity contribution in [3.8, 4) is 0 Å². The van der Waals surface area contributed by atoms with E-state index in [1.165, 1.54) is 23.0 Å². The molecular weight excluding hydrogens is 259 g/mol. The summed E-state index contributed by atoms with van der Waals surface area (Å²) in [4.78, 5) is 10.9. The molecule has 0 amide bonds. The molecule has 0 aliphatic rings. The van der Waals surface area contributed by atoms with Gasteiger partial charge in [-0.3, -0.25) is 4.68 Å². The Kier molecular flexibility index (Phi) is 3.34. The number of benzene rings is 1. The highest BCUT2D eigenvalue weighted by molar-refractivity contribution is 6.30. The zero-order chi connectivity index (χ0) is 13.3. The first-order valence-electron chi connectivity index (χ1n) is 5.18. The standard InChI is InChI=1S/C12H10ClFN2O2/c1-7-9(12(17)18)6-16(15-7)5-8-2-3-10(13)11(14)4-8/h2-4,6H,5H2,1H3,(H,17,18). The van der Waals surface area contributed by atoms with Crippen molar-refractivity contribution < 1.29 is 14.3 Å². The van der Waals surface area contributed by atoms with Crippen molar-refractivity contribution in [3.05, 3.63) is 52.1 Å². The largest absolute Gasteiger partial charge is 0.478 e. The van der Waals surface area contributed by atoms with Gasteiger partial charge in [-0.2, -0.15) is 5.10 Å². The lowest BCUT2D eigenvalue weighted by Gasteiger charge is -2.02. The molecule has 94 valence electrons. The Bertz CT molecular complexity index is 610. The summed E-state index contributed by atoms with van der Waals surface area (Å²) >= 11 is 5.58. The number of nitrogens with zero attached hydrogens (tertiary/aromatic N) is 2. The molecule has 0 saturated heterocycles. The van der Waals surface area contributed by atoms with Crippen molar-refractivity contribution in [2.24, 2.45) is 0 Å². The van der Waals surface area contributed by atoms with Crippen LogP contribution in [0.5, 0.6) is 0 Å². The van der Waals surface area contributed by atoms with Crippen LogP contribution in [0.4, 0.5) is 4.39 Å². The predicted molar refractivity (Wildman–Crippen MR) is 64.4 cm³/mol. The van der Waals surface area contributed by atoms with Crippen molar-refractivity contribution >= 4 is 17.6 Å². The molecule has 1 aromatic heterocycles. The third kappa shape index (κ3) is 2.51. The average molecular weight is 269 g/mol. The molecule has 1 heterocycles. The summed E-state index contributed by atoms with van der Waals surface area (Å²) in [5.41, 5.74) is 1.23. The molecule has 0 fully saturated rings. The molecule has 0 atom stereocenters. The van der Waals surface area contributed by atoms with E-state index in [9.17, 15) is 9.18 Å². The summed E-state index contributed by atoms with van der Waals surface area (Å²) in [5, 5.41) is 13.0. The summed E-state index contributed by atoms with van der Waals surface area (Å²) in [6, 6.07) is 4.43. The quantitative estimate of drug-likeness (QED) is 0.931. The Labute approximate surface area is 108 Å². The number of hydrogen-bond donors (Lipinski definition) is 1. The summed E-state index contributed by atoms with van der Waals surface area (Å²) in [5.74, 6) is -1.53. The highest BCUT2D eigenvalue weighted by Gasteiger charge is 2.12. The molecule has 0 aliphatic carbocycles. The number of carboxylic acids is 1. The third-order valence-corrected chi connectivity index (χ3v) is 2.81. The number of halogens is 2. The van der Waals surface area contributed by atoms with Gasteiger partial charge in [-0.05, 0) is 24.6 Å². The second kappa shape index (κ2) is 4.78. The summed E-state index contributed by atoms with van der Waals surface area (Å²) < 4.78 is 14.7. The van der Waals surface area contributed by atoms with Crippen LogP contribution in [0.2, 0.25) is 5.02 Å². The molecule has 0 aliphatic heterocycles. The van der Waals surface area contributed by atoms with Gasteiger partial charge in [-0.25, -0.2) is 9.18 Å². The van der Waals surface area contributed by atoms with E-state index in [0.29, 0.717) is 17.8 Å². The Hall–Kier alpha value is -1.88. The number of rotatable bonds is 3. The van der Waals surface area contributed by atoms with Crippen molar-refractivity contribution in [1.29, 1.82) is 0 Å². The van der Waals surface area contributed by atoms with Gasteiger partial charge in [-0.1, -0.05) is 17.7 Å². The summed E-state index contributed by atoms with van der Waals surface area (Å²) in [7, 11) is 0. The number of carbonyl (C=O) groups is 1. The van der Waals surface area contributed by atoms with Crippen molar-refractivity contribution in [1.82, 2.24) is 9.78 Å². The summed E-state index contributed by atoms with van der Waals surface area (Å²) in [6.45, 7) is 1.91. The number of aromatic carboxylic acids is 1. The van der Waals surface area contributed by atoms with Gasteiger partial charge in [0.15, 0.2) is 0 Å². The van der Waals surface area contributed by atoms with E-state index in [-0.39, 0.29) is 10.6 Å². The molecule has 0 saturated carbocycles. The molecule has 2 rings (SSSR count).